The Morgan fingerprint density at radius 1 is 1.41 bits per heavy atom. The van der Waals surface area contributed by atoms with Crippen LogP contribution in [0.2, 0.25) is 0 Å². The standard InChI is InChI=1S/C11H12F3N7O/c12-11(13,14)6-15-10(22)7-2-1-5-20(7)9-4-3-8-16-18-19-21(8)17-9/h3-4,7H,1-2,5-6H2,(H,15,22)/t7-/m0/s1. The first-order valence-electron chi connectivity index (χ1n) is 6.60. The van der Waals surface area contributed by atoms with Crippen LogP contribution in [-0.2, 0) is 4.79 Å². The molecule has 1 atom stereocenters. The molecule has 0 saturated carbocycles. The van der Waals surface area contributed by atoms with Gasteiger partial charge in [-0.05, 0) is 35.4 Å². The molecule has 0 spiro atoms. The zero-order valence-corrected chi connectivity index (χ0v) is 11.3. The number of hydrogen-bond donors (Lipinski definition) is 1. The van der Waals surface area contributed by atoms with E-state index in [1.807, 2.05) is 5.32 Å². The third kappa shape index (κ3) is 2.92. The van der Waals surface area contributed by atoms with E-state index in [1.54, 1.807) is 17.0 Å². The van der Waals surface area contributed by atoms with Crippen LogP contribution in [0.5, 0.6) is 0 Å². The predicted octanol–water partition coefficient (Wildman–Crippen LogP) is 0.167. The van der Waals surface area contributed by atoms with Crippen molar-refractivity contribution in [1.29, 1.82) is 0 Å². The second-order valence-corrected chi connectivity index (χ2v) is 4.90. The van der Waals surface area contributed by atoms with Crippen molar-refractivity contribution in [1.82, 2.24) is 30.6 Å². The maximum absolute atomic E-state index is 12.2. The van der Waals surface area contributed by atoms with Gasteiger partial charge in [0.2, 0.25) is 5.91 Å². The van der Waals surface area contributed by atoms with Crippen LogP contribution >= 0.6 is 0 Å². The Morgan fingerprint density at radius 2 is 2.23 bits per heavy atom. The van der Waals surface area contributed by atoms with Crippen LogP contribution in [0.15, 0.2) is 12.1 Å². The Morgan fingerprint density at radius 3 is 3.00 bits per heavy atom. The Kier molecular flexibility index (Phi) is 3.54. The molecule has 0 bridgehead atoms. The Hall–Kier alpha value is -2.46. The molecule has 22 heavy (non-hydrogen) atoms. The summed E-state index contributed by atoms with van der Waals surface area (Å²) in [4.78, 5) is 13.6. The van der Waals surface area contributed by atoms with Gasteiger partial charge in [-0.15, -0.1) is 14.8 Å². The molecule has 0 aromatic carbocycles. The largest absolute Gasteiger partial charge is 0.405 e. The van der Waals surface area contributed by atoms with Crippen molar-refractivity contribution < 1.29 is 18.0 Å². The number of tetrazole rings is 1. The highest BCUT2D eigenvalue weighted by Gasteiger charge is 2.34. The number of amides is 1. The SMILES string of the molecule is O=C(NCC(F)(F)F)[C@@H]1CCCN1c1ccc2nnnn2n1. The molecule has 2 aromatic rings. The van der Waals surface area contributed by atoms with E-state index < -0.39 is 24.7 Å². The van der Waals surface area contributed by atoms with E-state index in [9.17, 15) is 18.0 Å². The van der Waals surface area contributed by atoms with Crippen LogP contribution in [0.1, 0.15) is 12.8 Å². The van der Waals surface area contributed by atoms with Crippen molar-refractivity contribution in [3.63, 3.8) is 0 Å². The lowest BCUT2D eigenvalue weighted by atomic mass is 10.2. The van der Waals surface area contributed by atoms with Crippen LogP contribution < -0.4 is 10.2 Å². The number of alkyl halides is 3. The van der Waals surface area contributed by atoms with Gasteiger partial charge in [-0.1, -0.05) is 0 Å². The molecule has 0 unspecified atom stereocenters. The van der Waals surface area contributed by atoms with Gasteiger partial charge in [0.15, 0.2) is 11.5 Å². The second-order valence-electron chi connectivity index (χ2n) is 4.90. The maximum Gasteiger partial charge on any atom is 0.405 e. The molecule has 1 aliphatic heterocycles. The summed E-state index contributed by atoms with van der Waals surface area (Å²) < 4.78 is 37.8. The Bertz CT molecular complexity index is 686. The van der Waals surface area contributed by atoms with Gasteiger partial charge < -0.3 is 10.2 Å². The van der Waals surface area contributed by atoms with Crippen LogP contribution in [0.4, 0.5) is 19.0 Å². The van der Waals surface area contributed by atoms with Gasteiger partial charge in [0.05, 0.1) is 0 Å². The fraction of sp³-hybridized carbons (Fsp3) is 0.545. The number of halogens is 3. The first-order chi connectivity index (χ1) is 10.4. The van der Waals surface area contributed by atoms with Crippen molar-refractivity contribution in [2.24, 2.45) is 0 Å². The fourth-order valence-corrected chi connectivity index (χ4v) is 2.41. The highest BCUT2D eigenvalue weighted by Crippen LogP contribution is 2.24. The molecule has 3 heterocycles. The molecule has 8 nitrogen and oxygen atoms in total. The molecular formula is C11H12F3N7O. The molecule has 3 rings (SSSR count). The Labute approximate surface area is 122 Å². The smallest absolute Gasteiger partial charge is 0.345 e. The summed E-state index contributed by atoms with van der Waals surface area (Å²) in [5.41, 5.74) is 0.445. The fourth-order valence-electron chi connectivity index (χ4n) is 2.41. The Balaban J connectivity index is 1.76. The summed E-state index contributed by atoms with van der Waals surface area (Å²) in [6, 6.07) is 2.59. The minimum absolute atomic E-state index is 0.445. The van der Waals surface area contributed by atoms with E-state index in [-0.39, 0.29) is 0 Å². The monoisotopic (exact) mass is 315 g/mol. The molecule has 118 valence electrons. The van der Waals surface area contributed by atoms with E-state index in [0.29, 0.717) is 30.9 Å². The van der Waals surface area contributed by atoms with Gasteiger partial charge >= 0.3 is 6.18 Å². The molecule has 1 N–H and O–H groups in total. The van der Waals surface area contributed by atoms with Crippen molar-refractivity contribution in [2.45, 2.75) is 25.1 Å². The van der Waals surface area contributed by atoms with Crippen LogP contribution in [0, 0.1) is 0 Å². The number of fused-ring (bicyclic) bond motifs is 1. The van der Waals surface area contributed by atoms with Gasteiger partial charge in [0.1, 0.15) is 12.6 Å². The number of nitrogens with one attached hydrogen (secondary N) is 1. The molecule has 11 heteroatoms. The number of anilines is 1. The van der Waals surface area contributed by atoms with E-state index >= 15 is 0 Å². The van der Waals surface area contributed by atoms with Crippen molar-refractivity contribution in [2.75, 3.05) is 18.0 Å². The lowest BCUT2D eigenvalue weighted by Crippen LogP contribution is -2.46. The number of carbonyl (C=O) groups excluding carboxylic acids is 1. The van der Waals surface area contributed by atoms with Crippen LogP contribution in [0.25, 0.3) is 5.65 Å². The molecule has 1 amide bonds. The zero-order valence-electron chi connectivity index (χ0n) is 11.3. The average molecular weight is 315 g/mol. The molecular weight excluding hydrogens is 303 g/mol. The normalized spacial score (nSPS) is 18.9. The van der Waals surface area contributed by atoms with Crippen molar-refractivity contribution in [3.8, 4) is 0 Å². The van der Waals surface area contributed by atoms with E-state index in [0.717, 1.165) is 0 Å². The summed E-state index contributed by atoms with van der Waals surface area (Å²) in [6.07, 6.45) is -3.26. The van der Waals surface area contributed by atoms with E-state index in [4.69, 9.17) is 0 Å². The third-order valence-electron chi connectivity index (χ3n) is 3.37. The summed E-state index contributed by atoms with van der Waals surface area (Å²) in [7, 11) is 0. The van der Waals surface area contributed by atoms with Gasteiger partial charge in [0.25, 0.3) is 0 Å². The maximum atomic E-state index is 12.2. The topological polar surface area (TPSA) is 88.3 Å². The van der Waals surface area contributed by atoms with Gasteiger partial charge in [-0.3, -0.25) is 4.79 Å². The molecule has 1 fully saturated rings. The van der Waals surface area contributed by atoms with E-state index in [2.05, 4.69) is 20.6 Å². The van der Waals surface area contributed by atoms with Gasteiger partial charge in [-0.2, -0.15) is 13.2 Å². The quantitative estimate of drug-likeness (QED) is 0.868. The van der Waals surface area contributed by atoms with Crippen LogP contribution in [0.3, 0.4) is 0 Å². The summed E-state index contributed by atoms with van der Waals surface area (Å²) in [5.74, 6) is -0.210. The number of nitrogens with zero attached hydrogens (tertiary/aromatic N) is 6. The van der Waals surface area contributed by atoms with Crippen molar-refractivity contribution in [3.05, 3.63) is 12.1 Å². The number of hydrogen-bond acceptors (Lipinski definition) is 6. The number of rotatable bonds is 3. The molecule has 0 aliphatic carbocycles. The highest BCUT2D eigenvalue weighted by molar-refractivity contribution is 5.85. The molecule has 2 aromatic heterocycles. The van der Waals surface area contributed by atoms with Gasteiger partial charge in [-0.25, -0.2) is 0 Å². The minimum atomic E-state index is -4.43. The van der Waals surface area contributed by atoms with Crippen molar-refractivity contribution >= 4 is 17.4 Å². The molecule has 0 radical (unpaired) electrons. The number of carbonyl (C=O) groups is 1. The first-order valence-corrected chi connectivity index (χ1v) is 6.60. The summed E-state index contributed by atoms with van der Waals surface area (Å²) in [6.45, 7) is -0.805. The summed E-state index contributed by atoms with van der Waals surface area (Å²) >= 11 is 0. The zero-order chi connectivity index (χ0) is 15.7. The highest BCUT2D eigenvalue weighted by atomic mass is 19.4. The summed E-state index contributed by atoms with van der Waals surface area (Å²) in [5, 5.41) is 16.9. The molecule has 1 aliphatic rings. The lowest BCUT2D eigenvalue weighted by Gasteiger charge is -2.24. The number of aromatic nitrogens is 5. The predicted molar refractivity (Wildman–Crippen MR) is 68.0 cm³/mol. The molecule has 1 saturated heterocycles. The third-order valence-corrected chi connectivity index (χ3v) is 3.37. The lowest BCUT2D eigenvalue weighted by molar-refractivity contribution is -0.139. The average Bonchev–Trinajstić information content (AvgIpc) is 3.11. The van der Waals surface area contributed by atoms with Crippen LogP contribution in [-0.4, -0.2) is 56.5 Å². The first kappa shape index (κ1) is 14.5. The minimum Gasteiger partial charge on any atom is -0.345 e. The van der Waals surface area contributed by atoms with E-state index in [1.165, 1.54) is 4.63 Å². The van der Waals surface area contributed by atoms with Gasteiger partial charge in [0, 0.05) is 6.54 Å². The second kappa shape index (κ2) is 5.39.